The average molecular weight is 410 g/mol. The van der Waals surface area contributed by atoms with Crippen LogP contribution in [0.25, 0.3) is 5.57 Å². The van der Waals surface area contributed by atoms with Crippen LogP contribution in [0.4, 0.5) is 14.5 Å². The first-order chi connectivity index (χ1) is 14.0. The molecule has 2 amide bonds. The molecule has 2 heterocycles. The van der Waals surface area contributed by atoms with Crippen molar-refractivity contribution in [1.82, 2.24) is 4.90 Å². The Morgan fingerprint density at radius 2 is 1.72 bits per heavy atom. The van der Waals surface area contributed by atoms with Gasteiger partial charge in [-0.05, 0) is 29.1 Å². The first-order valence-corrected chi connectivity index (χ1v) is 9.72. The Morgan fingerprint density at radius 3 is 2.38 bits per heavy atom. The van der Waals surface area contributed by atoms with Gasteiger partial charge in [-0.3, -0.25) is 9.59 Å². The standard InChI is InChI=1S/C22H16F2N2O2S/c1-25(13-14-6-3-2-4-7-14)20-19(18-8-5-11-29-18)21(27)26(22(20)28)17-10-9-15(23)12-16(17)24/h2-12H,13H2,1H3. The second-order valence-electron chi connectivity index (χ2n) is 6.58. The van der Waals surface area contributed by atoms with Gasteiger partial charge in [0.05, 0.1) is 11.3 Å². The summed E-state index contributed by atoms with van der Waals surface area (Å²) in [5.41, 5.74) is 1.09. The molecule has 0 saturated heterocycles. The van der Waals surface area contributed by atoms with Crippen molar-refractivity contribution < 1.29 is 18.4 Å². The highest BCUT2D eigenvalue weighted by molar-refractivity contribution is 7.11. The molecule has 1 aliphatic rings. The van der Waals surface area contributed by atoms with E-state index in [4.69, 9.17) is 0 Å². The summed E-state index contributed by atoms with van der Waals surface area (Å²) in [5.74, 6) is -3.01. The Labute approximate surface area is 170 Å². The number of amides is 2. The third-order valence-electron chi connectivity index (χ3n) is 4.62. The fourth-order valence-electron chi connectivity index (χ4n) is 3.33. The van der Waals surface area contributed by atoms with E-state index in [-0.39, 0.29) is 17.0 Å². The number of hydrogen-bond donors (Lipinski definition) is 0. The molecule has 0 bridgehead atoms. The smallest absolute Gasteiger partial charge is 0.282 e. The van der Waals surface area contributed by atoms with Crippen LogP contribution in [-0.2, 0) is 16.1 Å². The molecular weight excluding hydrogens is 394 g/mol. The summed E-state index contributed by atoms with van der Waals surface area (Å²) >= 11 is 1.32. The number of carbonyl (C=O) groups is 2. The number of nitrogens with zero attached hydrogens (tertiary/aromatic N) is 2. The third-order valence-corrected chi connectivity index (χ3v) is 5.51. The first-order valence-electron chi connectivity index (χ1n) is 8.84. The maximum atomic E-state index is 14.4. The number of hydrogen-bond acceptors (Lipinski definition) is 4. The first kappa shape index (κ1) is 19.0. The molecule has 0 aliphatic carbocycles. The van der Waals surface area contributed by atoms with Gasteiger partial charge in [-0.1, -0.05) is 36.4 Å². The van der Waals surface area contributed by atoms with Crippen LogP contribution < -0.4 is 4.90 Å². The van der Waals surface area contributed by atoms with E-state index < -0.39 is 23.4 Å². The number of halogens is 2. The summed E-state index contributed by atoms with van der Waals surface area (Å²) in [5, 5.41) is 1.80. The number of thiophene rings is 1. The highest BCUT2D eigenvalue weighted by Gasteiger charge is 2.43. The number of carbonyl (C=O) groups excluding carboxylic acids is 2. The van der Waals surface area contributed by atoms with Crippen LogP contribution in [0.5, 0.6) is 0 Å². The van der Waals surface area contributed by atoms with Crippen LogP contribution in [0.2, 0.25) is 0 Å². The van der Waals surface area contributed by atoms with Crippen LogP contribution in [0.1, 0.15) is 10.4 Å². The van der Waals surface area contributed by atoms with Crippen molar-refractivity contribution in [2.24, 2.45) is 0 Å². The highest BCUT2D eigenvalue weighted by atomic mass is 32.1. The quantitative estimate of drug-likeness (QED) is 0.584. The van der Waals surface area contributed by atoms with Gasteiger partial charge in [0.25, 0.3) is 11.8 Å². The highest BCUT2D eigenvalue weighted by Crippen LogP contribution is 2.37. The predicted molar refractivity (Wildman–Crippen MR) is 108 cm³/mol. The van der Waals surface area contributed by atoms with Gasteiger partial charge in [0.15, 0.2) is 0 Å². The SMILES string of the molecule is CN(Cc1ccccc1)C1=C(c2cccs2)C(=O)N(c2ccc(F)cc2F)C1=O. The lowest BCUT2D eigenvalue weighted by molar-refractivity contribution is -0.120. The topological polar surface area (TPSA) is 40.6 Å². The summed E-state index contributed by atoms with van der Waals surface area (Å²) < 4.78 is 27.7. The Kier molecular flexibility index (Phi) is 4.98. The van der Waals surface area contributed by atoms with Gasteiger partial charge in [0.1, 0.15) is 17.3 Å². The molecule has 29 heavy (non-hydrogen) atoms. The molecule has 0 saturated carbocycles. The van der Waals surface area contributed by atoms with E-state index in [1.807, 2.05) is 30.3 Å². The van der Waals surface area contributed by atoms with E-state index in [1.54, 1.807) is 29.5 Å². The van der Waals surface area contributed by atoms with Gasteiger partial charge in [-0.15, -0.1) is 11.3 Å². The lowest BCUT2D eigenvalue weighted by atomic mass is 10.1. The van der Waals surface area contributed by atoms with Gasteiger partial charge in [0, 0.05) is 24.5 Å². The fourth-order valence-corrected chi connectivity index (χ4v) is 4.10. The van der Waals surface area contributed by atoms with E-state index in [1.165, 1.54) is 11.3 Å². The summed E-state index contributed by atoms with van der Waals surface area (Å²) in [4.78, 5) is 29.5. The van der Waals surface area contributed by atoms with Crippen molar-refractivity contribution in [3.05, 3.63) is 93.8 Å². The second-order valence-corrected chi connectivity index (χ2v) is 7.53. The number of imide groups is 1. The zero-order valence-corrected chi connectivity index (χ0v) is 16.2. The molecule has 0 radical (unpaired) electrons. The Bertz CT molecular complexity index is 1110. The van der Waals surface area contributed by atoms with Crippen LogP contribution >= 0.6 is 11.3 Å². The van der Waals surface area contributed by atoms with Gasteiger partial charge in [-0.25, -0.2) is 13.7 Å². The minimum Gasteiger partial charge on any atom is -0.365 e. The molecule has 0 fully saturated rings. The van der Waals surface area contributed by atoms with E-state index in [0.717, 1.165) is 22.6 Å². The minimum atomic E-state index is -0.968. The maximum absolute atomic E-state index is 14.4. The number of anilines is 1. The Hall–Kier alpha value is -3.32. The third kappa shape index (κ3) is 3.45. The largest absolute Gasteiger partial charge is 0.365 e. The predicted octanol–water partition coefficient (Wildman–Crippen LogP) is 4.44. The van der Waals surface area contributed by atoms with Crippen LogP contribution in [0.15, 0.2) is 71.7 Å². The number of likely N-dealkylation sites (N-methyl/N-ethyl adjacent to an activating group) is 1. The van der Waals surface area contributed by atoms with Crippen LogP contribution in [-0.4, -0.2) is 23.8 Å². The fraction of sp³-hybridized carbons (Fsp3) is 0.0909. The molecule has 7 heteroatoms. The van der Waals surface area contributed by atoms with Crippen molar-refractivity contribution in [2.75, 3.05) is 11.9 Å². The molecule has 1 aliphatic heterocycles. The van der Waals surface area contributed by atoms with Crippen LogP contribution in [0, 0.1) is 11.6 Å². The molecule has 2 aromatic carbocycles. The van der Waals surface area contributed by atoms with Crippen molar-refractivity contribution in [3.63, 3.8) is 0 Å². The van der Waals surface area contributed by atoms with E-state index >= 15 is 0 Å². The van der Waals surface area contributed by atoms with Crippen molar-refractivity contribution in [1.29, 1.82) is 0 Å². The van der Waals surface area contributed by atoms with E-state index in [2.05, 4.69) is 0 Å². The minimum absolute atomic E-state index is 0.185. The van der Waals surface area contributed by atoms with E-state index in [9.17, 15) is 18.4 Å². The molecule has 0 atom stereocenters. The number of benzene rings is 2. The number of rotatable bonds is 5. The Balaban J connectivity index is 1.79. The van der Waals surface area contributed by atoms with Gasteiger partial charge < -0.3 is 4.90 Å². The maximum Gasteiger partial charge on any atom is 0.282 e. The molecule has 0 spiro atoms. The molecule has 0 N–H and O–H groups in total. The lowest BCUT2D eigenvalue weighted by Gasteiger charge is -2.21. The van der Waals surface area contributed by atoms with Crippen molar-refractivity contribution >= 4 is 34.4 Å². The van der Waals surface area contributed by atoms with E-state index in [0.29, 0.717) is 17.5 Å². The molecule has 1 aromatic heterocycles. The second kappa shape index (κ2) is 7.60. The zero-order chi connectivity index (χ0) is 20.5. The van der Waals surface area contributed by atoms with Gasteiger partial charge in [-0.2, -0.15) is 0 Å². The normalized spacial score (nSPS) is 14.1. The molecule has 3 aromatic rings. The Morgan fingerprint density at radius 1 is 0.966 bits per heavy atom. The van der Waals surface area contributed by atoms with Crippen molar-refractivity contribution in [2.45, 2.75) is 6.54 Å². The molecule has 4 rings (SSSR count). The summed E-state index contributed by atoms with van der Waals surface area (Å²) in [6.07, 6.45) is 0. The molecule has 146 valence electrons. The van der Waals surface area contributed by atoms with Gasteiger partial charge in [0.2, 0.25) is 0 Å². The van der Waals surface area contributed by atoms with Crippen molar-refractivity contribution in [3.8, 4) is 0 Å². The lowest BCUT2D eigenvalue weighted by Crippen LogP contribution is -2.34. The molecule has 0 unspecified atom stereocenters. The summed E-state index contributed by atoms with van der Waals surface area (Å²) in [6, 6.07) is 15.8. The zero-order valence-electron chi connectivity index (χ0n) is 15.4. The average Bonchev–Trinajstić information content (AvgIpc) is 3.30. The van der Waals surface area contributed by atoms with Crippen LogP contribution in [0.3, 0.4) is 0 Å². The molecular formula is C22H16F2N2O2S. The van der Waals surface area contributed by atoms with Gasteiger partial charge >= 0.3 is 0 Å². The monoisotopic (exact) mass is 410 g/mol. The summed E-state index contributed by atoms with van der Waals surface area (Å²) in [6.45, 7) is 0.393. The molecule has 4 nitrogen and oxygen atoms in total. The summed E-state index contributed by atoms with van der Waals surface area (Å²) in [7, 11) is 1.71.